The van der Waals surface area contributed by atoms with Crippen LogP contribution in [0.1, 0.15) is 20.8 Å². The fourth-order valence-corrected chi connectivity index (χ4v) is 0.714. The van der Waals surface area contributed by atoms with Gasteiger partial charge in [0.05, 0.1) is 6.04 Å². The number of amides is 1. The highest BCUT2D eigenvalue weighted by atomic mass is 16.6. The van der Waals surface area contributed by atoms with Gasteiger partial charge in [0.15, 0.2) is 6.29 Å². The van der Waals surface area contributed by atoms with E-state index in [0.29, 0.717) is 0 Å². The maximum Gasteiger partial charge on any atom is 0.408 e. The molecule has 0 aromatic heterocycles. The third-order valence-corrected chi connectivity index (χ3v) is 1.32. The van der Waals surface area contributed by atoms with E-state index < -0.39 is 24.0 Å². The van der Waals surface area contributed by atoms with Crippen LogP contribution in [0.5, 0.6) is 0 Å². The van der Waals surface area contributed by atoms with Crippen molar-refractivity contribution in [3.8, 4) is 0 Å². The van der Waals surface area contributed by atoms with Crippen molar-refractivity contribution in [1.29, 1.82) is 0 Å². The molecule has 5 N–H and O–H groups in total. The molecule has 0 aliphatic carbocycles. The van der Waals surface area contributed by atoms with Gasteiger partial charge < -0.3 is 26.0 Å². The van der Waals surface area contributed by atoms with Crippen LogP contribution in [0.4, 0.5) is 4.79 Å². The lowest BCUT2D eigenvalue weighted by atomic mass is 10.2. The maximum atomic E-state index is 11.1. The summed E-state index contributed by atoms with van der Waals surface area (Å²) in [4.78, 5) is 11.1. The molecule has 0 radical (unpaired) electrons. The fourth-order valence-electron chi connectivity index (χ4n) is 0.714. The van der Waals surface area contributed by atoms with Gasteiger partial charge in [-0.05, 0) is 20.8 Å². The molecule has 6 heteroatoms. The van der Waals surface area contributed by atoms with Gasteiger partial charge in [0.25, 0.3) is 0 Å². The highest BCUT2D eigenvalue weighted by Crippen LogP contribution is 2.06. The largest absolute Gasteiger partial charge is 0.444 e. The van der Waals surface area contributed by atoms with E-state index in [-0.39, 0.29) is 6.54 Å². The number of hydrogen-bond acceptors (Lipinski definition) is 5. The third-order valence-electron chi connectivity index (χ3n) is 1.32. The predicted molar refractivity (Wildman–Crippen MR) is 50.4 cm³/mol. The van der Waals surface area contributed by atoms with Crippen LogP contribution >= 0.6 is 0 Å². The van der Waals surface area contributed by atoms with Gasteiger partial charge in [0.2, 0.25) is 0 Å². The van der Waals surface area contributed by atoms with Crippen LogP contribution in [0, 0.1) is 0 Å². The van der Waals surface area contributed by atoms with E-state index in [2.05, 4.69) is 5.32 Å². The van der Waals surface area contributed by atoms with Crippen molar-refractivity contribution in [1.82, 2.24) is 5.32 Å². The molecule has 14 heavy (non-hydrogen) atoms. The van der Waals surface area contributed by atoms with Crippen molar-refractivity contribution in [2.24, 2.45) is 5.73 Å². The standard InChI is InChI=1S/C8H18N2O4/c1-8(2,3)14-7(13)10-5(4-9)6(11)12/h5-6,11-12H,4,9H2,1-3H3,(H,10,13)/t5-/m0/s1. The Morgan fingerprint density at radius 3 is 2.29 bits per heavy atom. The smallest absolute Gasteiger partial charge is 0.408 e. The van der Waals surface area contributed by atoms with Crippen molar-refractivity contribution in [3.05, 3.63) is 0 Å². The van der Waals surface area contributed by atoms with Gasteiger partial charge in [0, 0.05) is 6.54 Å². The monoisotopic (exact) mass is 206 g/mol. The molecular weight excluding hydrogens is 188 g/mol. The number of nitrogens with one attached hydrogen (secondary N) is 1. The maximum absolute atomic E-state index is 11.1. The minimum atomic E-state index is -1.69. The second-order valence-electron chi connectivity index (χ2n) is 3.90. The first-order valence-corrected chi connectivity index (χ1v) is 4.32. The van der Waals surface area contributed by atoms with Crippen LogP contribution in [-0.4, -0.2) is 40.8 Å². The number of ether oxygens (including phenoxy) is 1. The molecule has 6 nitrogen and oxygen atoms in total. The SMILES string of the molecule is CC(C)(C)OC(=O)N[C@@H](CN)C(O)O. The van der Waals surface area contributed by atoms with Crippen LogP contribution in [0.3, 0.4) is 0 Å². The number of hydrogen-bond donors (Lipinski definition) is 4. The van der Waals surface area contributed by atoms with Crippen molar-refractivity contribution >= 4 is 6.09 Å². The van der Waals surface area contributed by atoms with E-state index in [1.807, 2.05) is 0 Å². The Hall–Kier alpha value is -0.850. The van der Waals surface area contributed by atoms with Gasteiger partial charge >= 0.3 is 6.09 Å². The lowest BCUT2D eigenvalue weighted by Gasteiger charge is -2.23. The highest BCUT2D eigenvalue weighted by molar-refractivity contribution is 5.68. The van der Waals surface area contributed by atoms with Crippen molar-refractivity contribution in [2.75, 3.05) is 6.54 Å². The first kappa shape index (κ1) is 13.2. The highest BCUT2D eigenvalue weighted by Gasteiger charge is 2.21. The summed E-state index contributed by atoms with van der Waals surface area (Å²) in [7, 11) is 0. The Morgan fingerprint density at radius 2 is 2.00 bits per heavy atom. The molecule has 0 aromatic rings. The molecule has 0 rings (SSSR count). The minimum absolute atomic E-state index is 0.0725. The lowest BCUT2D eigenvalue weighted by molar-refractivity contribution is -0.0658. The summed E-state index contributed by atoms with van der Waals surface area (Å²) in [5, 5.41) is 19.8. The summed E-state index contributed by atoms with van der Waals surface area (Å²) in [5.41, 5.74) is 4.57. The van der Waals surface area contributed by atoms with E-state index in [1.54, 1.807) is 20.8 Å². The number of aliphatic hydroxyl groups is 2. The Bertz CT molecular complexity index is 188. The number of rotatable bonds is 3. The van der Waals surface area contributed by atoms with Crippen LogP contribution < -0.4 is 11.1 Å². The van der Waals surface area contributed by atoms with E-state index in [1.165, 1.54) is 0 Å². The fraction of sp³-hybridized carbons (Fsp3) is 0.875. The average Bonchev–Trinajstić information content (AvgIpc) is 1.96. The topological polar surface area (TPSA) is 105 Å². The second-order valence-corrected chi connectivity index (χ2v) is 3.90. The van der Waals surface area contributed by atoms with Gasteiger partial charge in [-0.3, -0.25) is 0 Å². The van der Waals surface area contributed by atoms with Crippen molar-refractivity contribution in [3.63, 3.8) is 0 Å². The summed E-state index contributed by atoms with van der Waals surface area (Å²) >= 11 is 0. The molecular formula is C8H18N2O4. The molecule has 1 amide bonds. The molecule has 0 spiro atoms. The molecule has 0 saturated carbocycles. The van der Waals surface area contributed by atoms with Gasteiger partial charge in [-0.25, -0.2) is 4.79 Å². The molecule has 0 bridgehead atoms. The van der Waals surface area contributed by atoms with Gasteiger partial charge in [-0.15, -0.1) is 0 Å². The van der Waals surface area contributed by atoms with E-state index in [0.717, 1.165) is 0 Å². The molecule has 0 saturated heterocycles. The average molecular weight is 206 g/mol. The Kier molecular flexibility index (Phi) is 4.82. The molecule has 0 heterocycles. The lowest BCUT2D eigenvalue weighted by Crippen LogP contribution is -2.49. The molecule has 0 aliphatic heterocycles. The van der Waals surface area contributed by atoms with Gasteiger partial charge in [-0.1, -0.05) is 0 Å². The molecule has 0 aliphatic rings. The predicted octanol–water partition coefficient (Wildman–Crippen LogP) is -0.851. The van der Waals surface area contributed by atoms with E-state index in [4.69, 9.17) is 20.7 Å². The number of nitrogens with two attached hydrogens (primary N) is 1. The number of alkyl carbamates (subject to hydrolysis) is 1. The van der Waals surface area contributed by atoms with E-state index >= 15 is 0 Å². The van der Waals surface area contributed by atoms with Gasteiger partial charge in [0.1, 0.15) is 5.60 Å². The Morgan fingerprint density at radius 1 is 1.50 bits per heavy atom. The summed E-state index contributed by atoms with van der Waals surface area (Å²) in [6.45, 7) is 5.05. The molecule has 0 unspecified atom stereocenters. The second kappa shape index (κ2) is 5.14. The van der Waals surface area contributed by atoms with Crippen LogP contribution in [-0.2, 0) is 4.74 Å². The van der Waals surface area contributed by atoms with Gasteiger partial charge in [-0.2, -0.15) is 0 Å². The zero-order valence-electron chi connectivity index (χ0n) is 8.65. The molecule has 0 fully saturated rings. The summed E-state index contributed by atoms with van der Waals surface area (Å²) < 4.78 is 4.89. The minimum Gasteiger partial charge on any atom is -0.444 e. The number of carbonyl (C=O) groups is 1. The summed E-state index contributed by atoms with van der Waals surface area (Å²) in [6, 6.07) is -0.912. The Balaban J connectivity index is 4.04. The number of carbonyl (C=O) groups excluding carboxylic acids is 1. The van der Waals surface area contributed by atoms with Crippen molar-refractivity contribution in [2.45, 2.75) is 38.7 Å². The van der Waals surface area contributed by atoms with Crippen molar-refractivity contribution < 1.29 is 19.7 Å². The van der Waals surface area contributed by atoms with Crippen LogP contribution in [0.15, 0.2) is 0 Å². The number of aliphatic hydroxyl groups excluding tert-OH is 1. The Labute approximate surface area is 83.0 Å². The zero-order chi connectivity index (χ0) is 11.4. The van der Waals surface area contributed by atoms with Crippen LogP contribution in [0.25, 0.3) is 0 Å². The first-order valence-electron chi connectivity index (χ1n) is 4.32. The molecule has 84 valence electrons. The quantitative estimate of drug-likeness (QED) is 0.450. The van der Waals surface area contributed by atoms with Crippen LogP contribution in [0.2, 0.25) is 0 Å². The first-order chi connectivity index (χ1) is 6.26. The summed E-state index contributed by atoms with van der Waals surface area (Å²) in [5.74, 6) is 0. The zero-order valence-corrected chi connectivity index (χ0v) is 8.65. The normalized spacial score (nSPS) is 13.9. The third kappa shape index (κ3) is 5.74. The summed E-state index contributed by atoms with van der Waals surface area (Å²) in [6.07, 6.45) is -2.41. The molecule has 1 atom stereocenters. The van der Waals surface area contributed by atoms with E-state index in [9.17, 15) is 4.79 Å². The molecule has 0 aromatic carbocycles.